The number of halogens is 3. The second-order valence-electron chi connectivity index (χ2n) is 5.68. The number of hydrogen-bond acceptors (Lipinski definition) is 4. The van der Waals surface area contributed by atoms with Crippen LogP contribution in [0.2, 0.25) is 15.1 Å². The summed E-state index contributed by atoms with van der Waals surface area (Å²) in [6.07, 6.45) is 1.40. The minimum atomic E-state index is -0.428. The number of carbonyl (C=O) groups excluding carboxylic acids is 1. The van der Waals surface area contributed by atoms with Crippen molar-refractivity contribution >= 4 is 57.7 Å². The normalized spacial score (nSPS) is 11.0. The summed E-state index contributed by atoms with van der Waals surface area (Å²) in [5, 5.41) is 6.97. The standard InChI is InChI=1S/C20H15Cl3N2O3/c1-27-20-12(8-13(21)9-17(20)23)10-24-25-19(26)11-28-18-7-6-16(22)14-4-2-3-5-15(14)18/h2-10H,11H2,1H3,(H,25,26)/b24-10-. The van der Waals surface area contributed by atoms with Crippen LogP contribution in [0.25, 0.3) is 10.8 Å². The zero-order valence-corrected chi connectivity index (χ0v) is 17.0. The molecule has 8 heteroatoms. The average Bonchev–Trinajstić information content (AvgIpc) is 2.67. The Morgan fingerprint density at radius 1 is 1.07 bits per heavy atom. The summed E-state index contributed by atoms with van der Waals surface area (Å²) in [5.74, 6) is 0.540. The molecule has 144 valence electrons. The number of fused-ring (bicyclic) bond motifs is 1. The molecule has 3 rings (SSSR count). The van der Waals surface area contributed by atoms with Crippen LogP contribution in [0.5, 0.6) is 11.5 Å². The zero-order chi connectivity index (χ0) is 20.1. The van der Waals surface area contributed by atoms with E-state index >= 15 is 0 Å². The van der Waals surface area contributed by atoms with Crippen molar-refractivity contribution in [3.05, 3.63) is 69.2 Å². The Hall–Kier alpha value is -2.47. The maximum atomic E-state index is 12.0. The van der Waals surface area contributed by atoms with Crippen molar-refractivity contribution in [1.29, 1.82) is 0 Å². The molecule has 0 aliphatic rings. The van der Waals surface area contributed by atoms with Gasteiger partial charge in [-0.25, -0.2) is 5.43 Å². The molecule has 28 heavy (non-hydrogen) atoms. The first-order chi connectivity index (χ1) is 13.5. The molecule has 0 aliphatic heterocycles. The summed E-state index contributed by atoms with van der Waals surface area (Å²) in [6.45, 7) is -0.212. The van der Waals surface area contributed by atoms with Crippen LogP contribution in [0.4, 0.5) is 0 Å². The Balaban J connectivity index is 1.65. The van der Waals surface area contributed by atoms with Crippen LogP contribution < -0.4 is 14.9 Å². The number of carbonyl (C=O) groups is 1. The Morgan fingerprint density at radius 2 is 1.82 bits per heavy atom. The van der Waals surface area contributed by atoms with Crippen LogP contribution in [0.15, 0.2) is 53.6 Å². The molecule has 0 saturated heterocycles. The predicted molar refractivity (Wildman–Crippen MR) is 113 cm³/mol. The summed E-state index contributed by atoms with van der Waals surface area (Å²) < 4.78 is 10.8. The zero-order valence-electron chi connectivity index (χ0n) is 14.7. The Kier molecular flexibility index (Phi) is 6.62. The lowest BCUT2D eigenvalue weighted by Gasteiger charge is -2.10. The first kappa shape index (κ1) is 20.3. The summed E-state index contributed by atoms with van der Waals surface area (Å²) in [4.78, 5) is 12.0. The van der Waals surface area contributed by atoms with Crippen molar-refractivity contribution in [2.24, 2.45) is 5.10 Å². The maximum Gasteiger partial charge on any atom is 0.277 e. The molecule has 0 heterocycles. The molecule has 0 unspecified atom stereocenters. The van der Waals surface area contributed by atoms with Crippen molar-refractivity contribution in [1.82, 2.24) is 5.43 Å². The smallest absolute Gasteiger partial charge is 0.277 e. The third-order valence-corrected chi connectivity index (χ3v) is 4.65. The van der Waals surface area contributed by atoms with Crippen molar-refractivity contribution in [3.63, 3.8) is 0 Å². The molecule has 0 saturated carbocycles. The Morgan fingerprint density at radius 3 is 2.57 bits per heavy atom. The molecule has 0 radical (unpaired) electrons. The van der Waals surface area contributed by atoms with Gasteiger partial charge in [-0.15, -0.1) is 0 Å². The van der Waals surface area contributed by atoms with E-state index in [4.69, 9.17) is 44.3 Å². The maximum absolute atomic E-state index is 12.0. The van der Waals surface area contributed by atoms with Crippen molar-refractivity contribution in [2.75, 3.05) is 13.7 Å². The first-order valence-electron chi connectivity index (χ1n) is 8.14. The third-order valence-electron chi connectivity index (χ3n) is 3.82. The molecule has 0 fully saturated rings. The van der Waals surface area contributed by atoms with Gasteiger partial charge in [0, 0.05) is 26.4 Å². The fourth-order valence-corrected chi connectivity index (χ4v) is 3.42. The topological polar surface area (TPSA) is 59.9 Å². The molecule has 5 nitrogen and oxygen atoms in total. The van der Waals surface area contributed by atoms with E-state index in [1.165, 1.54) is 13.3 Å². The van der Waals surface area contributed by atoms with Gasteiger partial charge in [-0.1, -0.05) is 59.1 Å². The highest BCUT2D eigenvalue weighted by Gasteiger charge is 2.09. The minimum absolute atomic E-state index is 0.212. The van der Waals surface area contributed by atoms with Crippen LogP contribution in [0.1, 0.15) is 5.56 Å². The van der Waals surface area contributed by atoms with Crippen molar-refractivity contribution in [3.8, 4) is 11.5 Å². The summed E-state index contributed by atoms with van der Waals surface area (Å²) >= 11 is 18.2. The number of nitrogens with zero attached hydrogens (tertiary/aromatic N) is 1. The second kappa shape index (κ2) is 9.15. The average molecular weight is 438 g/mol. The van der Waals surface area contributed by atoms with Gasteiger partial charge in [-0.05, 0) is 24.3 Å². The molecule has 0 aliphatic carbocycles. The lowest BCUT2D eigenvalue weighted by Crippen LogP contribution is -2.24. The summed E-state index contributed by atoms with van der Waals surface area (Å²) in [6, 6.07) is 14.2. The SMILES string of the molecule is COc1c(Cl)cc(Cl)cc1/C=N\NC(=O)COc1ccc(Cl)c2ccccc12. The van der Waals surface area contributed by atoms with E-state index in [0.717, 1.165) is 10.8 Å². The molecule has 0 bridgehead atoms. The first-order valence-corrected chi connectivity index (χ1v) is 9.28. The summed E-state index contributed by atoms with van der Waals surface area (Å²) in [7, 11) is 1.48. The van der Waals surface area contributed by atoms with E-state index in [9.17, 15) is 4.79 Å². The van der Waals surface area contributed by atoms with Crippen LogP contribution >= 0.6 is 34.8 Å². The van der Waals surface area contributed by atoms with Gasteiger partial charge < -0.3 is 9.47 Å². The molecule has 1 N–H and O–H groups in total. The molecule has 0 aromatic heterocycles. The lowest BCUT2D eigenvalue weighted by atomic mass is 10.1. The molecule has 0 atom stereocenters. The van der Waals surface area contributed by atoms with Crippen LogP contribution in [0.3, 0.4) is 0 Å². The largest absolute Gasteiger partial charge is 0.495 e. The van der Waals surface area contributed by atoms with Crippen LogP contribution in [-0.2, 0) is 4.79 Å². The molecular weight excluding hydrogens is 423 g/mol. The Labute approximate surface area is 176 Å². The number of nitrogens with one attached hydrogen (secondary N) is 1. The van der Waals surface area contributed by atoms with Gasteiger partial charge in [-0.3, -0.25) is 4.79 Å². The van der Waals surface area contributed by atoms with E-state index in [-0.39, 0.29) is 6.61 Å². The molecular formula is C20H15Cl3N2O3. The van der Waals surface area contributed by atoms with E-state index in [1.807, 2.05) is 24.3 Å². The van der Waals surface area contributed by atoms with Gasteiger partial charge >= 0.3 is 0 Å². The molecule has 1 amide bonds. The van der Waals surface area contributed by atoms with Crippen LogP contribution in [-0.4, -0.2) is 25.8 Å². The van der Waals surface area contributed by atoms with Gasteiger partial charge in [0.15, 0.2) is 6.61 Å². The minimum Gasteiger partial charge on any atom is -0.495 e. The summed E-state index contributed by atoms with van der Waals surface area (Å²) in [5.41, 5.74) is 2.92. The van der Waals surface area contributed by atoms with E-state index in [2.05, 4.69) is 10.5 Å². The van der Waals surface area contributed by atoms with Gasteiger partial charge in [0.2, 0.25) is 0 Å². The van der Waals surface area contributed by atoms with Gasteiger partial charge in [0.05, 0.1) is 18.3 Å². The van der Waals surface area contributed by atoms with Crippen molar-refractivity contribution < 1.29 is 14.3 Å². The highest BCUT2D eigenvalue weighted by molar-refractivity contribution is 6.36. The van der Waals surface area contributed by atoms with Gasteiger partial charge in [0.25, 0.3) is 5.91 Å². The highest BCUT2D eigenvalue weighted by Crippen LogP contribution is 2.32. The number of rotatable bonds is 6. The lowest BCUT2D eigenvalue weighted by molar-refractivity contribution is -0.123. The fraction of sp³-hybridized carbons (Fsp3) is 0.100. The fourth-order valence-electron chi connectivity index (χ4n) is 2.60. The molecule has 3 aromatic carbocycles. The monoisotopic (exact) mass is 436 g/mol. The van der Waals surface area contributed by atoms with E-state index < -0.39 is 5.91 Å². The molecule has 3 aromatic rings. The quantitative estimate of drug-likeness (QED) is 0.418. The number of ether oxygens (including phenoxy) is 2. The number of benzene rings is 3. The Bertz CT molecular complexity index is 1050. The number of hydrogen-bond donors (Lipinski definition) is 1. The van der Waals surface area contributed by atoms with Gasteiger partial charge in [-0.2, -0.15) is 5.10 Å². The number of methoxy groups -OCH3 is 1. The van der Waals surface area contributed by atoms with E-state index in [1.54, 1.807) is 24.3 Å². The van der Waals surface area contributed by atoms with E-state index in [0.29, 0.717) is 32.1 Å². The number of amides is 1. The third kappa shape index (κ3) is 4.68. The van der Waals surface area contributed by atoms with Crippen LogP contribution in [0, 0.1) is 0 Å². The predicted octanol–water partition coefficient (Wildman–Crippen LogP) is 5.34. The highest BCUT2D eigenvalue weighted by atomic mass is 35.5. The number of hydrazone groups is 1. The van der Waals surface area contributed by atoms with Crippen molar-refractivity contribution in [2.45, 2.75) is 0 Å². The second-order valence-corrected chi connectivity index (χ2v) is 6.93. The molecule has 0 spiro atoms. The van der Waals surface area contributed by atoms with Gasteiger partial charge in [0.1, 0.15) is 11.5 Å².